The summed E-state index contributed by atoms with van der Waals surface area (Å²) in [4.78, 5) is 23.6. The molecule has 22 heavy (non-hydrogen) atoms. The average Bonchev–Trinajstić information content (AvgIpc) is 2.45. The first kappa shape index (κ1) is 20.9. The van der Waals surface area contributed by atoms with E-state index < -0.39 is 0 Å². The van der Waals surface area contributed by atoms with Crippen LogP contribution in [-0.2, 0) is 9.59 Å². The first-order valence-electron chi connectivity index (χ1n) is 9.08. The van der Waals surface area contributed by atoms with E-state index in [4.69, 9.17) is 0 Å². The van der Waals surface area contributed by atoms with Crippen molar-refractivity contribution in [3.63, 3.8) is 0 Å². The van der Waals surface area contributed by atoms with Crippen LogP contribution in [-0.4, -0.2) is 23.9 Å². The van der Waals surface area contributed by atoms with E-state index in [0.29, 0.717) is 0 Å². The van der Waals surface area contributed by atoms with Gasteiger partial charge in [-0.2, -0.15) is 0 Å². The molecule has 0 saturated carbocycles. The summed E-state index contributed by atoms with van der Waals surface area (Å²) in [6.07, 6.45) is 9.69. The summed E-state index contributed by atoms with van der Waals surface area (Å²) < 4.78 is 0. The van der Waals surface area contributed by atoms with E-state index in [1.807, 2.05) is 13.8 Å². The summed E-state index contributed by atoms with van der Waals surface area (Å²) in [5.41, 5.74) is 0. The second kappa shape index (κ2) is 13.6. The fraction of sp³-hybridized carbons (Fsp3) is 0.889. The van der Waals surface area contributed by atoms with Crippen LogP contribution in [0.1, 0.15) is 91.9 Å². The molecule has 0 aromatic rings. The number of carbonyl (C=O) groups is 2. The Morgan fingerprint density at radius 3 is 1.41 bits per heavy atom. The molecule has 4 heteroatoms. The maximum atomic E-state index is 11.8. The molecule has 0 bridgehead atoms. The number of unbranched alkanes of at least 4 members (excludes halogenated alkanes) is 4. The molecule has 0 saturated heterocycles. The van der Waals surface area contributed by atoms with Crippen LogP contribution in [0.5, 0.6) is 0 Å². The van der Waals surface area contributed by atoms with Crippen molar-refractivity contribution in [2.24, 2.45) is 0 Å². The highest BCUT2D eigenvalue weighted by Gasteiger charge is 2.11. The van der Waals surface area contributed by atoms with Gasteiger partial charge in [-0.3, -0.25) is 9.59 Å². The predicted octanol–water partition coefficient (Wildman–Crippen LogP) is 3.94. The number of hydrogen-bond acceptors (Lipinski definition) is 2. The third kappa shape index (κ3) is 12.7. The number of carbonyl (C=O) groups excluding carboxylic acids is 2. The number of hydrogen-bond donors (Lipinski definition) is 2. The molecule has 0 aliphatic carbocycles. The minimum Gasteiger partial charge on any atom is -0.354 e. The molecule has 0 heterocycles. The van der Waals surface area contributed by atoms with Crippen LogP contribution >= 0.6 is 0 Å². The summed E-state index contributed by atoms with van der Waals surface area (Å²) in [5.74, 6) is -0.0319. The van der Waals surface area contributed by atoms with E-state index in [1.54, 1.807) is 0 Å². The monoisotopic (exact) mass is 312 g/mol. The molecule has 0 aliphatic heterocycles. The maximum Gasteiger partial charge on any atom is 0.220 e. The van der Waals surface area contributed by atoms with Crippen LogP contribution < -0.4 is 10.6 Å². The Labute approximate surface area is 136 Å². The van der Waals surface area contributed by atoms with Gasteiger partial charge in [0.15, 0.2) is 0 Å². The van der Waals surface area contributed by atoms with Gasteiger partial charge in [0.25, 0.3) is 0 Å². The van der Waals surface area contributed by atoms with Crippen LogP contribution in [0.3, 0.4) is 0 Å². The lowest BCUT2D eigenvalue weighted by atomic mass is 10.1. The highest BCUT2D eigenvalue weighted by Crippen LogP contribution is 2.05. The molecule has 0 spiro atoms. The van der Waals surface area contributed by atoms with Crippen molar-refractivity contribution in [3.8, 4) is 0 Å². The van der Waals surface area contributed by atoms with E-state index in [0.717, 1.165) is 25.7 Å². The Hall–Kier alpha value is -1.06. The Morgan fingerprint density at radius 1 is 0.727 bits per heavy atom. The lowest BCUT2D eigenvalue weighted by molar-refractivity contribution is -0.127. The summed E-state index contributed by atoms with van der Waals surface area (Å²) in [7, 11) is 0. The molecule has 4 nitrogen and oxygen atoms in total. The van der Waals surface area contributed by atoms with Crippen LogP contribution in [0.25, 0.3) is 0 Å². The van der Waals surface area contributed by atoms with Gasteiger partial charge in [-0.25, -0.2) is 0 Å². The highest BCUT2D eigenvalue weighted by atomic mass is 16.2. The molecule has 2 atom stereocenters. The standard InChI is InChI=1S/C18H36N2O2/c1-5-7-9-11-15(3)19-17(21)13-14-18(22)20-16(4)12-10-8-6-2/h15-16H,5-14H2,1-4H3,(H,19,21)(H,20,22). The van der Waals surface area contributed by atoms with Crippen molar-refractivity contribution in [2.45, 2.75) is 104 Å². The molecule has 2 amide bonds. The lowest BCUT2D eigenvalue weighted by Gasteiger charge is -2.15. The first-order chi connectivity index (χ1) is 10.5. The molecule has 0 radical (unpaired) electrons. The van der Waals surface area contributed by atoms with Gasteiger partial charge < -0.3 is 10.6 Å². The number of rotatable bonds is 13. The van der Waals surface area contributed by atoms with Crippen LogP contribution in [0.2, 0.25) is 0 Å². The highest BCUT2D eigenvalue weighted by molar-refractivity contribution is 5.83. The van der Waals surface area contributed by atoms with Crippen LogP contribution in [0, 0.1) is 0 Å². The average molecular weight is 312 g/mol. The first-order valence-corrected chi connectivity index (χ1v) is 9.08. The Morgan fingerprint density at radius 2 is 1.09 bits per heavy atom. The minimum absolute atomic E-state index is 0.0159. The normalized spacial score (nSPS) is 13.5. The summed E-state index contributed by atoms with van der Waals surface area (Å²) in [6, 6.07) is 0.408. The van der Waals surface area contributed by atoms with E-state index in [1.165, 1.54) is 25.7 Å². The van der Waals surface area contributed by atoms with Gasteiger partial charge in [0.2, 0.25) is 11.8 Å². The van der Waals surface area contributed by atoms with Gasteiger partial charge >= 0.3 is 0 Å². The SMILES string of the molecule is CCCCCC(C)NC(=O)CCC(=O)NC(C)CCCCC. The van der Waals surface area contributed by atoms with Gasteiger partial charge in [-0.1, -0.05) is 52.4 Å². The van der Waals surface area contributed by atoms with Crippen molar-refractivity contribution >= 4 is 11.8 Å². The summed E-state index contributed by atoms with van der Waals surface area (Å²) in [5, 5.41) is 5.94. The minimum atomic E-state index is -0.0159. The van der Waals surface area contributed by atoms with E-state index in [-0.39, 0.29) is 36.7 Å². The van der Waals surface area contributed by atoms with Gasteiger partial charge in [0.05, 0.1) is 0 Å². The van der Waals surface area contributed by atoms with Gasteiger partial charge in [0.1, 0.15) is 0 Å². The topological polar surface area (TPSA) is 58.2 Å². The van der Waals surface area contributed by atoms with E-state index >= 15 is 0 Å². The molecule has 0 aromatic carbocycles. The molecule has 0 fully saturated rings. The zero-order valence-corrected chi connectivity index (χ0v) is 15.0. The molecule has 0 rings (SSSR count). The van der Waals surface area contributed by atoms with E-state index in [2.05, 4.69) is 24.5 Å². The van der Waals surface area contributed by atoms with Crippen LogP contribution in [0.15, 0.2) is 0 Å². The summed E-state index contributed by atoms with van der Waals surface area (Å²) >= 11 is 0. The molecule has 0 aliphatic rings. The Kier molecular flexibility index (Phi) is 12.9. The van der Waals surface area contributed by atoms with Crippen molar-refractivity contribution < 1.29 is 9.59 Å². The lowest BCUT2D eigenvalue weighted by Crippen LogP contribution is -2.35. The number of nitrogens with one attached hydrogen (secondary N) is 2. The molecule has 2 N–H and O–H groups in total. The van der Waals surface area contributed by atoms with Crippen molar-refractivity contribution in [2.75, 3.05) is 0 Å². The van der Waals surface area contributed by atoms with Crippen LogP contribution in [0.4, 0.5) is 0 Å². The van der Waals surface area contributed by atoms with E-state index in [9.17, 15) is 9.59 Å². The van der Waals surface area contributed by atoms with Gasteiger partial charge in [-0.05, 0) is 26.7 Å². The third-order valence-corrected chi connectivity index (χ3v) is 3.88. The predicted molar refractivity (Wildman–Crippen MR) is 92.7 cm³/mol. The maximum absolute atomic E-state index is 11.8. The largest absolute Gasteiger partial charge is 0.354 e. The number of amides is 2. The van der Waals surface area contributed by atoms with Gasteiger partial charge in [0, 0.05) is 24.9 Å². The Balaban J connectivity index is 3.73. The smallest absolute Gasteiger partial charge is 0.220 e. The second-order valence-electron chi connectivity index (χ2n) is 6.43. The summed E-state index contributed by atoms with van der Waals surface area (Å²) in [6.45, 7) is 8.41. The van der Waals surface area contributed by atoms with Crippen molar-refractivity contribution in [3.05, 3.63) is 0 Å². The Bertz CT molecular complexity index is 275. The quantitative estimate of drug-likeness (QED) is 0.506. The van der Waals surface area contributed by atoms with Gasteiger partial charge in [-0.15, -0.1) is 0 Å². The molecular weight excluding hydrogens is 276 g/mol. The molecule has 2 unspecified atom stereocenters. The zero-order valence-electron chi connectivity index (χ0n) is 15.0. The molecular formula is C18H36N2O2. The molecule has 0 aromatic heterocycles. The fourth-order valence-electron chi connectivity index (χ4n) is 2.47. The fourth-order valence-corrected chi connectivity index (χ4v) is 2.47. The second-order valence-corrected chi connectivity index (χ2v) is 6.43. The van der Waals surface area contributed by atoms with Crippen molar-refractivity contribution in [1.82, 2.24) is 10.6 Å². The molecule has 130 valence electrons. The zero-order chi connectivity index (χ0) is 16.8. The van der Waals surface area contributed by atoms with Crippen molar-refractivity contribution in [1.29, 1.82) is 0 Å². The third-order valence-electron chi connectivity index (χ3n) is 3.88.